The minimum absolute atomic E-state index is 0.135. The highest BCUT2D eigenvalue weighted by molar-refractivity contribution is 5.71. The number of hydrogen-bond donors (Lipinski definition) is 3. The molecule has 20 heavy (non-hydrogen) atoms. The fourth-order valence-corrected chi connectivity index (χ4v) is 2.44. The molecule has 0 bridgehead atoms. The Balaban J connectivity index is 2.42. The average Bonchev–Trinajstić information content (AvgIpc) is 2.40. The van der Waals surface area contributed by atoms with Crippen LogP contribution >= 0.6 is 0 Å². The van der Waals surface area contributed by atoms with Crippen LogP contribution in [-0.4, -0.2) is 17.8 Å². The van der Waals surface area contributed by atoms with E-state index in [9.17, 15) is 5.11 Å². The summed E-state index contributed by atoms with van der Waals surface area (Å²) in [7, 11) is 0. The van der Waals surface area contributed by atoms with Crippen LogP contribution in [0, 0.1) is 0 Å². The summed E-state index contributed by atoms with van der Waals surface area (Å²) in [6.45, 7) is 2.14. The van der Waals surface area contributed by atoms with Crippen molar-refractivity contribution in [3.8, 4) is 11.1 Å². The molecule has 1 unspecified atom stereocenters. The fraction of sp³-hybridized carbons (Fsp3) is 0.294. The predicted molar refractivity (Wildman–Crippen MR) is 84.4 cm³/mol. The Labute approximate surface area is 120 Å². The lowest BCUT2D eigenvalue weighted by molar-refractivity contribution is 0.300. The highest BCUT2D eigenvalue weighted by Gasteiger charge is 2.07. The van der Waals surface area contributed by atoms with E-state index in [1.54, 1.807) is 0 Å². The Bertz CT molecular complexity index is 579. The van der Waals surface area contributed by atoms with E-state index in [-0.39, 0.29) is 12.6 Å². The molecule has 0 saturated carbocycles. The zero-order valence-corrected chi connectivity index (χ0v) is 11.8. The SMILES string of the molecule is CC(N)Cc1cccc(-c2cc(N)ccc2CCO)c1. The highest BCUT2D eigenvalue weighted by atomic mass is 16.2. The quantitative estimate of drug-likeness (QED) is 0.730. The third kappa shape index (κ3) is 3.59. The molecule has 0 radical (unpaired) electrons. The lowest BCUT2D eigenvalue weighted by Crippen LogP contribution is -2.17. The second-order valence-corrected chi connectivity index (χ2v) is 5.27. The molecule has 0 amide bonds. The number of aliphatic hydroxyl groups excluding tert-OH is 1. The van der Waals surface area contributed by atoms with E-state index in [4.69, 9.17) is 11.5 Å². The van der Waals surface area contributed by atoms with Crippen LogP contribution in [0.3, 0.4) is 0 Å². The van der Waals surface area contributed by atoms with Gasteiger partial charge in [-0.15, -0.1) is 0 Å². The molecule has 0 aliphatic heterocycles. The highest BCUT2D eigenvalue weighted by Crippen LogP contribution is 2.27. The molecular formula is C17H22N2O. The first-order valence-electron chi connectivity index (χ1n) is 6.94. The number of hydrogen-bond acceptors (Lipinski definition) is 3. The van der Waals surface area contributed by atoms with Gasteiger partial charge in [-0.1, -0.05) is 30.3 Å². The standard InChI is InChI=1S/C17H22N2O/c1-12(18)9-13-3-2-4-15(10-13)17-11-16(19)6-5-14(17)7-8-20/h2-6,10-12,20H,7-9,18-19H2,1H3. The van der Waals surface area contributed by atoms with E-state index >= 15 is 0 Å². The minimum Gasteiger partial charge on any atom is -0.399 e. The third-order valence-corrected chi connectivity index (χ3v) is 3.31. The van der Waals surface area contributed by atoms with Gasteiger partial charge in [-0.3, -0.25) is 0 Å². The van der Waals surface area contributed by atoms with Crippen molar-refractivity contribution in [3.63, 3.8) is 0 Å². The van der Waals surface area contributed by atoms with Crippen LogP contribution in [-0.2, 0) is 12.8 Å². The number of nitrogens with two attached hydrogens (primary N) is 2. The van der Waals surface area contributed by atoms with Crippen molar-refractivity contribution in [2.24, 2.45) is 5.73 Å². The molecule has 3 nitrogen and oxygen atoms in total. The van der Waals surface area contributed by atoms with Gasteiger partial charge in [-0.05, 0) is 54.2 Å². The Kier molecular flexibility index (Phi) is 4.77. The Morgan fingerprint density at radius 3 is 2.65 bits per heavy atom. The van der Waals surface area contributed by atoms with Gasteiger partial charge in [0, 0.05) is 18.3 Å². The zero-order valence-electron chi connectivity index (χ0n) is 11.8. The molecule has 1 atom stereocenters. The number of anilines is 1. The second-order valence-electron chi connectivity index (χ2n) is 5.27. The van der Waals surface area contributed by atoms with Crippen molar-refractivity contribution in [1.82, 2.24) is 0 Å². The van der Waals surface area contributed by atoms with Crippen LogP contribution in [0.15, 0.2) is 42.5 Å². The van der Waals surface area contributed by atoms with Gasteiger partial charge in [0.1, 0.15) is 0 Å². The molecule has 0 spiro atoms. The van der Waals surface area contributed by atoms with Crippen LogP contribution in [0.2, 0.25) is 0 Å². The molecule has 2 aromatic rings. The zero-order chi connectivity index (χ0) is 14.5. The number of benzene rings is 2. The largest absolute Gasteiger partial charge is 0.399 e. The summed E-state index contributed by atoms with van der Waals surface area (Å²) in [6, 6.07) is 14.3. The van der Waals surface area contributed by atoms with Crippen LogP contribution in [0.4, 0.5) is 5.69 Å². The van der Waals surface area contributed by atoms with Crippen LogP contribution in [0.1, 0.15) is 18.1 Å². The molecule has 0 aromatic heterocycles. The van der Waals surface area contributed by atoms with E-state index in [0.717, 1.165) is 28.8 Å². The van der Waals surface area contributed by atoms with Gasteiger partial charge in [0.25, 0.3) is 0 Å². The number of rotatable bonds is 5. The van der Waals surface area contributed by atoms with Crippen LogP contribution in [0.5, 0.6) is 0 Å². The van der Waals surface area contributed by atoms with Crippen LogP contribution < -0.4 is 11.5 Å². The van der Waals surface area contributed by atoms with E-state index in [1.165, 1.54) is 5.56 Å². The summed E-state index contributed by atoms with van der Waals surface area (Å²) >= 11 is 0. The molecule has 0 aliphatic rings. The van der Waals surface area contributed by atoms with Crippen LogP contribution in [0.25, 0.3) is 11.1 Å². The number of aliphatic hydroxyl groups is 1. The molecule has 0 heterocycles. The Hall–Kier alpha value is -1.84. The van der Waals surface area contributed by atoms with Gasteiger partial charge in [0.2, 0.25) is 0 Å². The molecule has 0 aliphatic carbocycles. The molecule has 5 N–H and O–H groups in total. The van der Waals surface area contributed by atoms with Crippen molar-refractivity contribution in [1.29, 1.82) is 0 Å². The molecule has 2 aromatic carbocycles. The molecule has 3 heteroatoms. The molecule has 0 saturated heterocycles. The molecule has 2 rings (SSSR count). The maximum absolute atomic E-state index is 9.19. The maximum atomic E-state index is 9.19. The summed E-state index contributed by atoms with van der Waals surface area (Å²) in [6.07, 6.45) is 1.48. The molecular weight excluding hydrogens is 248 g/mol. The second kappa shape index (κ2) is 6.55. The van der Waals surface area contributed by atoms with Gasteiger partial charge >= 0.3 is 0 Å². The maximum Gasteiger partial charge on any atom is 0.0471 e. The van der Waals surface area contributed by atoms with E-state index in [0.29, 0.717) is 6.42 Å². The third-order valence-electron chi connectivity index (χ3n) is 3.31. The molecule has 0 fully saturated rings. The minimum atomic E-state index is 0.135. The van der Waals surface area contributed by atoms with Crippen molar-refractivity contribution >= 4 is 5.69 Å². The van der Waals surface area contributed by atoms with Gasteiger partial charge in [-0.2, -0.15) is 0 Å². The molecule has 106 valence electrons. The van der Waals surface area contributed by atoms with Crippen molar-refractivity contribution in [2.75, 3.05) is 12.3 Å². The topological polar surface area (TPSA) is 72.3 Å². The van der Waals surface area contributed by atoms with Gasteiger partial charge in [0.15, 0.2) is 0 Å². The van der Waals surface area contributed by atoms with Crippen molar-refractivity contribution < 1.29 is 5.11 Å². The van der Waals surface area contributed by atoms with Crippen molar-refractivity contribution in [3.05, 3.63) is 53.6 Å². The number of nitrogen functional groups attached to an aromatic ring is 1. The summed E-state index contributed by atoms with van der Waals surface area (Å²) in [5.74, 6) is 0. The average molecular weight is 270 g/mol. The summed E-state index contributed by atoms with van der Waals surface area (Å²) in [5, 5.41) is 9.19. The summed E-state index contributed by atoms with van der Waals surface area (Å²) < 4.78 is 0. The summed E-state index contributed by atoms with van der Waals surface area (Å²) in [4.78, 5) is 0. The normalized spacial score (nSPS) is 12.3. The smallest absolute Gasteiger partial charge is 0.0471 e. The Morgan fingerprint density at radius 2 is 1.95 bits per heavy atom. The van der Waals surface area contributed by atoms with Crippen molar-refractivity contribution in [2.45, 2.75) is 25.8 Å². The monoisotopic (exact) mass is 270 g/mol. The van der Waals surface area contributed by atoms with Gasteiger partial charge < -0.3 is 16.6 Å². The van der Waals surface area contributed by atoms with Gasteiger partial charge in [-0.25, -0.2) is 0 Å². The lowest BCUT2D eigenvalue weighted by Gasteiger charge is -2.12. The fourth-order valence-electron chi connectivity index (χ4n) is 2.44. The van der Waals surface area contributed by atoms with E-state index in [2.05, 4.69) is 18.2 Å². The first-order valence-corrected chi connectivity index (χ1v) is 6.94. The Morgan fingerprint density at radius 1 is 1.15 bits per heavy atom. The van der Waals surface area contributed by atoms with E-state index < -0.39 is 0 Å². The van der Waals surface area contributed by atoms with E-state index in [1.807, 2.05) is 31.2 Å². The van der Waals surface area contributed by atoms with Gasteiger partial charge in [0.05, 0.1) is 0 Å². The lowest BCUT2D eigenvalue weighted by atomic mass is 9.95. The predicted octanol–water partition coefficient (Wildman–Crippen LogP) is 2.36. The summed E-state index contributed by atoms with van der Waals surface area (Å²) in [5.41, 5.74) is 17.0. The first-order chi connectivity index (χ1) is 9.60. The first kappa shape index (κ1) is 14.6.